The van der Waals surface area contributed by atoms with Crippen molar-refractivity contribution in [3.05, 3.63) is 0 Å². The van der Waals surface area contributed by atoms with E-state index >= 15 is 0 Å². The maximum Gasteiger partial charge on any atom is 0.307 e. The molecule has 0 aliphatic rings. The van der Waals surface area contributed by atoms with Gasteiger partial charge in [-0.25, -0.2) is 0 Å². The summed E-state index contributed by atoms with van der Waals surface area (Å²) in [5.41, 5.74) is 0. The number of aliphatic carboxylic acids is 2. The first-order valence-corrected chi connectivity index (χ1v) is 7.07. The van der Waals surface area contributed by atoms with Crippen molar-refractivity contribution in [3.63, 3.8) is 0 Å². The van der Waals surface area contributed by atoms with Crippen LogP contribution in [0.2, 0.25) is 0 Å². The third-order valence-corrected chi connectivity index (χ3v) is 2.82. The van der Waals surface area contributed by atoms with E-state index in [4.69, 9.17) is 15.1 Å². The molecule has 17 heavy (non-hydrogen) atoms. The summed E-state index contributed by atoms with van der Waals surface area (Å²) in [6.45, 7) is 4.36. The van der Waals surface area contributed by atoms with E-state index in [1.165, 1.54) is 12.8 Å². The molecule has 0 aromatic carbocycles. The monoisotopic (exact) mass is 268 g/mol. The quantitative estimate of drug-likeness (QED) is 0.607. The Hall–Kier alpha value is -0.870. The molecule has 0 aromatic rings. The summed E-state index contributed by atoms with van der Waals surface area (Å²) in [7, 11) is -2.85. The minimum absolute atomic E-state index is 0.109. The molecule has 0 fully saturated rings. The van der Waals surface area contributed by atoms with Gasteiger partial charge in [0.25, 0.3) is 0 Å². The second-order valence-corrected chi connectivity index (χ2v) is 4.76. The average Bonchev–Trinajstić information content (AvgIpc) is 2.23. The standard InChI is InChI=1S/C6H11O6P.C4H10/c7-5(8)2-1-4(6(9)10)3-13(11)12;1-3-4-2/h4,13H,1-3H2,(H,7,8)(H,9,10)(H,11,12);3-4H2,1-2H3. The molecule has 7 heteroatoms. The SMILES string of the molecule is CCCC.O=C(O)CCC(C[PH](=O)O)C(=O)O. The summed E-state index contributed by atoms with van der Waals surface area (Å²) in [6.07, 6.45) is 1.88. The van der Waals surface area contributed by atoms with E-state index in [9.17, 15) is 14.2 Å². The van der Waals surface area contributed by atoms with Gasteiger partial charge in [0.2, 0.25) is 0 Å². The predicted octanol–water partition coefficient (Wildman–Crippen LogP) is 1.83. The molecule has 0 saturated carbocycles. The highest BCUT2D eigenvalue weighted by Gasteiger charge is 2.20. The van der Waals surface area contributed by atoms with Gasteiger partial charge in [-0.05, 0) is 6.42 Å². The first-order chi connectivity index (χ1) is 7.84. The number of rotatable bonds is 7. The molecule has 102 valence electrons. The minimum Gasteiger partial charge on any atom is -0.481 e. The summed E-state index contributed by atoms with van der Waals surface area (Å²) < 4.78 is 10.3. The molecule has 0 amide bonds. The lowest BCUT2D eigenvalue weighted by Gasteiger charge is -2.07. The van der Waals surface area contributed by atoms with E-state index in [1.807, 2.05) is 0 Å². The Morgan fingerprint density at radius 1 is 1.18 bits per heavy atom. The molecule has 6 nitrogen and oxygen atoms in total. The van der Waals surface area contributed by atoms with Crippen molar-refractivity contribution < 1.29 is 29.3 Å². The van der Waals surface area contributed by atoms with Gasteiger partial charge in [-0.15, -0.1) is 0 Å². The van der Waals surface area contributed by atoms with E-state index in [-0.39, 0.29) is 19.0 Å². The smallest absolute Gasteiger partial charge is 0.307 e. The molecule has 0 aliphatic carbocycles. The van der Waals surface area contributed by atoms with Crippen LogP contribution >= 0.6 is 8.03 Å². The van der Waals surface area contributed by atoms with Gasteiger partial charge in [-0.3, -0.25) is 14.2 Å². The van der Waals surface area contributed by atoms with Crippen LogP contribution in [0.1, 0.15) is 39.5 Å². The van der Waals surface area contributed by atoms with Crippen molar-refractivity contribution in [1.82, 2.24) is 0 Å². The van der Waals surface area contributed by atoms with Gasteiger partial charge in [0.1, 0.15) is 0 Å². The summed E-state index contributed by atoms with van der Waals surface area (Å²) in [4.78, 5) is 29.0. The Morgan fingerprint density at radius 3 is 1.88 bits per heavy atom. The lowest BCUT2D eigenvalue weighted by atomic mass is 10.1. The normalized spacial score (nSPS) is 13.1. The lowest BCUT2D eigenvalue weighted by Crippen LogP contribution is -2.17. The zero-order chi connectivity index (χ0) is 13.8. The van der Waals surface area contributed by atoms with E-state index in [1.54, 1.807) is 0 Å². The zero-order valence-electron chi connectivity index (χ0n) is 10.2. The summed E-state index contributed by atoms with van der Waals surface area (Å²) in [5, 5.41) is 16.8. The van der Waals surface area contributed by atoms with Crippen molar-refractivity contribution in [2.75, 3.05) is 6.16 Å². The molecule has 0 rings (SSSR count). The summed E-state index contributed by atoms with van der Waals surface area (Å²) in [5.74, 6) is -3.37. The van der Waals surface area contributed by atoms with Gasteiger partial charge in [0.15, 0.2) is 8.03 Å². The maximum absolute atomic E-state index is 10.4. The first kappa shape index (κ1) is 18.5. The molecule has 0 heterocycles. The van der Waals surface area contributed by atoms with Crippen LogP contribution in [-0.4, -0.2) is 33.2 Å². The van der Waals surface area contributed by atoms with Crippen LogP contribution < -0.4 is 0 Å². The third-order valence-electron chi connectivity index (χ3n) is 1.98. The number of carbonyl (C=O) groups is 2. The molecule has 0 aromatic heterocycles. The van der Waals surface area contributed by atoms with Gasteiger partial charge < -0.3 is 15.1 Å². The van der Waals surface area contributed by atoms with Crippen LogP contribution in [0.5, 0.6) is 0 Å². The number of unbranched alkanes of at least 4 members (excludes halogenated alkanes) is 1. The Balaban J connectivity index is 0. The van der Waals surface area contributed by atoms with E-state index in [0.717, 1.165) is 0 Å². The molecule has 2 atom stereocenters. The lowest BCUT2D eigenvalue weighted by molar-refractivity contribution is -0.142. The molecule has 0 aliphatic heterocycles. The van der Waals surface area contributed by atoms with Gasteiger partial charge in [-0.2, -0.15) is 0 Å². The zero-order valence-corrected chi connectivity index (χ0v) is 11.2. The Bertz CT molecular complexity index is 251. The molecule has 2 unspecified atom stereocenters. The van der Waals surface area contributed by atoms with Crippen molar-refractivity contribution in [2.45, 2.75) is 39.5 Å². The van der Waals surface area contributed by atoms with Crippen molar-refractivity contribution in [1.29, 1.82) is 0 Å². The Morgan fingerprint density at radius 2 is 1.65 bits per heavy atom. The summed E-state index contributed by atoms with van der Waals surface area (Å²) in [6, 6.07) is 0. The molecular formula is C10H21O6P. The Labute approximate surface area is 102 Å². The van der Waals surface area contributed by atoms with Gasteiger partial charge in [-0.1, -0.05) is 26.7 Å². The second kappa shape index (κ2) is 11.6. The minimum atomic E-state index is -2.85. The highest BCUT2D eigenvalue weighted by atomic mass is 31.1. The van der Waals surface area contributed by atoms with Crippen LogP contribution in [0.15, 0.2) is 0 Å². The first-order valence-electron chi connectivity index (χ1n) is 5.51. The average molecular weight is 268 g/mol. The molecule has 0 radical (unpaired) electrons. The van der Waals surface area contributed by atoms with Crippen molar-refractivity contribution in [3.8, 4) is 0 Å². The topological polar surface area (TPSA) is 112 Å². The van der Waals surface area contributed by atoms with Gasteiger partial charge in [0.05, 0.1) is 5.92 Å². The molecule has 0 bridgehead atoms. The van der Waals surface area contributed by atoms with Crippen molar-refractivity contribution in [2.24, 2.45) is 5.92 Å². The summed E-state index contributed by atoms with van der Waals surface area (Å²) >= 11 is 0. The Kier molecular flexibility index (Phi) is 12.6. The van der Waals surface area contributed by atoms with Crippen molar-refractivity contribution >= 4 is 20.0 Å². The van der Waals surface area contributed by atoms with Crippen LogP contribution in [0.25, 0.3) is 0 Å². The number of hydrogen-bond acceptors (Lipinski definition) is 3. The fraction of sp³-hybridized carbons (Fsp3) is 0.800. The molecule has 3 N–H and O–H groups in total. The highest BCUT2D eigenvalue weighted by Crippen LogP contribution is 2.21. The van der Waals surface area contributed by atoms with Crippen LogP contribution in [0.3, 0.4) is 0 Å². The van der Waals surface area contributed by atoms with Crippen LogP contribution in [0, 0.1) is 5.92 Å². The fourth-order valence-electron chi connectivity index (χ4n) is 0.821. The number of carboxylic acid groups (broad SMARTS) is 2. The van der Waals surface area contributed by atoms with E-state index < -0.39 is 25.9 Å². The number of carboxylic acids is 2. The molecule has 0 spiro atoms. The van der Waals surface area contributed by atoms with Crippen LogP contribution in [-0.2, 0) is 14.2 Å². The predicted molar refractivity (Wildman–Crippen MR) is 64.7 cm³/mol. The third kappa shape index (κ3) is 15.1. The van der Waals surface area contributed by atoms with E-state index in [0.29, 0.717) is 0 Å². The van der Waals surface area contributed by atoms with Gasteiger partial charge >= 0.3 is 11.9 Å². The maximum atomic E-state index is 10.4. The second-order valence-electron chi connectivity index (χ2n) is 3.57. The number of hydrogen-bond donors (Lipinski definition) is 3. The molecule has 0 saturated heterocycles. The van der Waals surface area contributed by atoms with Crippen LogP contribution in [0.4, 0.5) is 0 Å². The van der Waals surface area contributed by atoms with Gasteiger partial charge in [0, 0.05) is 12.6 Å². The van der Waals surface area contributed by atoms with E-state index in [2.05, 4.69) is 13.8 Å². The highest BCUT2D eigenvalue weighted by molar-refractivity contribution is 7.38. The fourth-order valence-corrected chi connectivity index (χ4v) is 1.62. The molecular weight excluding hydrogens is 247 g/mol. The largest absolute Gasteiger partial charge is 0.481 e.